The molecule has 1 rings (SSSR count). The average molecular weight is 325 g/mol. The van der Waals surface area contributed by atoms with Crippen LogP contribution in [0.15, 0.2) is 18.2 Å². The van der Waals surface area contributed by atoms with E-state index in [1.165, 1.54) is 19.3 Å². The van der Waals surface area contributed by atoms with Crippen LogP contribution in [0.5, 0.6) is 0 Å². The molecule has 0 heterocycles. The predicted octanol–water partition coefficient (Wildman–Crippen LogP) is 6.16. The second kappa shape index (κ2) is 36.0. The minimum Gasteiger partial charge on any atom is -0.343 e. The summed E-state index contributed by atoms with van der Waals surface area (Å²) in [5.41, 5.74) is 0. The van der Waals surface area contributed by atoms with Crippen molar-refractivity contribution >= 4 is 0 Å². The molecule has 0 unspecified atom stereocenters. The zero-order valence-corrected chi connectivity index (χ0v) is 15.7. The van der Waals surface area contributed by atoms with Crippen molar-refractivity contribution < 1.29 is 32.7 Å². The first kappa shape index (κ1) is 27.0. The fraction of sp³-hybridized carbons (Fsp3) is 0.588. The molecule has 1 aliphatic carbocycles. The van der Waals surface area contributed by atoms with Crippen LogP contribution in [0.2, 0.25) is 0 Å². The molecule has 0 spiro atoms. The van der Waals surface area contributed by atoms with Crippen molar-refractivity contribution in [2.75, 3.05) is 0 Å². The molecular formula is C17H32Y-4. The van der Waals surface area contributed by atoms with Crippen LogP contribution in [0, 0.1) is 26.8 Å². The summed E-state index contributed by atoms with van der Waals surface area (Å²) in [4.78, 5) is 0. The van der Waals surface area contributed by atoms with E-state index in [0.29, 0.717) is 0 Å². The maximum Gasteiger partial charge on any atom is 0 e. The van der Waals surface area contributed by atoms with Gasteiger partial charge in [-0.1, -0.05) is 40.0 Å². The van der Waals surface area contributed by atoms with E-state index in [2.05, 4.69) is 53.7 Å². The number of unbranched alkanes of at least 4 members (excludes halogenated alkanes) is 3. The molecule has 0 saturated heterocycles. The van der Waals surface area contributed by atoms with E-state index < -0.39 is 0 Å². The van der Waals surface area contributed by atoms with Crippen LogP contribution in [-0.2, 0) is 32.7 Å². The van der Waals surface area contributed by atoms with E-state index in [4.69, 9.17) is 0 Å². The Labute approximate surface area is 143 Å². The quantitative estimate of drug-likeness (QED) is 0.545. The second-order valence-electron chi connectivity index (χ2n) is 3.56. The fourth-order valence-electron chi connectivity index (χ4n) is 0.340. The normalized spacial score (nSPS) is 9.89. The first-order valence-corrected chi connectivity index (χ1v) is 6.84. The minimum absolute atomic E-state index is 0. The summed E-state index contributed by atoms with van der Waals surface area (Å²) in [6.07, 6.45) is 16.8. The second-order valence-corrected chi connectivity index (χ2v) is 3.56. The van der Waals surface area contributed by atoms with Gasteiger partial charge in [-0.05, 0) is 0 Å². The molecule has 0 atom stereocenters. The van der Waals surface area contributed by atoms with Crippen LogP contribution >= 0.6 is 0 Å². The van der Waals surface area contributed by atoms with Crippen molar-refractivity contribution in [1.29, 1.82) is 0 Å². The van der Waals surface area contributed by atoms with Gasteiger partial charge in [0.05, 0.1) is 0 Å². The zero-order valence-electron chi connectivity index (χ0n) is 12.9. The van der Waals surface area contributed by atoms with Crippen LogP contribution in [-0.4, -0.2) is 0 Å². The van der Waals surface area contributed by atoms with Gasteiger partial charge in [-0.2, -0.15) is 25.3 Å². The average Bonchev–Trinajstić information content (AvgIpc) is 2.98. The van der Waals surface area contributed by atoms with E-state index in [1.54, 1.807) is 0 Å². The summed E-state index contributed by atoms with van der Waals surface area (Å²) in [6.45, 7) is 17.2. The fourth-order valence-corrected chi connectivity index (χ4v) is 0.340. The van der Waals surface area contributed by atoms with E-state index in [1.807, 2.05) is 12.2 Å². The summed E-state index contributed by atoms with van der Waals surface area (Å²) in [6, 6.07) is 0. The van der Waals surface area contributed by atoms with Gasteiger partial charge in [-0.3, -0.25) is 6.08 Å². The molecule has 0 fully saturated rings. The summed E-state index contributed by atoms with van der Waals surface area (Å²) < 4.78 is 0. The topological polar surface area (TPSA) is 0 Å². The molecule has 0 aromatic heterocycles. The molecular weight excluding hydrogens is 293 g/mol. The summed E-state index contributed by atoms with van der Waals surface area (Å²) in [5, 5.41) is 0. The van der Waals surface area contributed by atoms with Crippen molar-refractivity contribution in [2.45, 2.75) is 65.7 Å². The van der Waals surface area contributed by atoms with E-state index in [0.717, 1.165) is 25.7 Å². The molecule has 18 heavy (non-hydrogen) atoms. The minimum atomic E-state index is 0. The van der Waals surface area contributed by atoms with Gasteiger partial charge < -0.3 is 20.8 Å². The van der Waals surface area contributed by atoms with Gasteiger partial charge in [0.1, 0.15) is 0 Å². The number of hydrogen-bond donors (Lipinski definition) is 0. The van der Waals surface area contributed by atoms with Crippen molar-refractivity contribution in [3.05, 3.63) is 45.1 Å². The van der Waals surface area contributed by atoms with Crippen LogP contribution in [0.1, 0.15) is 65.7 Å². The molecule has 0 amide bonds. The molecule has 0 N–H and O–H groups in total. The molecule has 0 bridgehead atoms. The van der Waals surface area contributed by atoms with E-state index >= 15 is 0 Å². The van der Waals surface area contributed by atoms with Crippen molar-refractivity contribution in [3.8, 4) is 0 Å². The molecule has 0 aliphatic heterocycles. The first-order valence-electron chi connectivity index (χ1n) is 6.84. The van der Waals surface area contributed by atoms with E-state index in [-0.39, 0.29) is 32.7 Å². The monoisotopic (exact) mass is 325 g/mol. The zero-order chi connectivity index (χ0) is 13.8. The molecule has 0 saturated carbocycles. The van der Waals surface area contributed by atoms with Gasteiger partial charge in [0, 0.05) is 32.7 Å². The van der Waals surface area contributed by atoms with Crippen molar-refractivity contribution in [2.24, 2.45) is 0 Å². The van der Waals surface area contributed by atoms with Gasteiger partial charge in [0.25, 0.3) is 0 Å². The van der Waals surface area contributed by atoms with Crippen LogP contribution in [0.25, 0.3) is 0 Å². The SMILES string of the molecule is [C-]1=CC=CC1.[CH2-]CCC.[CH2-]CCC.[CH2-]CCC.[Y]. The molecule has 1 radical (unpaired) electrons. The summed E-state index contributed by atoms with van der Waals surface area (Å²) in [7, 11) is 0. The third-order valence-electron chi connectivity index (χ3n) is 1.65. The van der Waals surface area contributed by atoms with Crippen LogP contribution in [0.3, 0.4) is 0 Å². The Morgan fingerprint density at radius 2 is 1.22 bits per heavy atom. The number of hydrogen-bond acceptors (Lipinski definition) is 0. The van der Waals surface area contributed by atoms with E-state index in [9.17, 15) is 0 Å². The van der Waals surface area contributed by atoms with Gasteiger partial charge in [-0.15, -0.1) is 6.42 Å². The van der Waals surface area contributed by atoms with Gasteiger partial charge >= 0.3 is 0 Å². The van der Waals surface area contributed by atoms with Crippen molar-refractivity contribution in [1.82, 2.24) is 0 Å². The standard InChI is InChI=1S/C5H5.3C4H9.Y/c1-2-4-5-3-1;3*1-3-4-2;/h1-3H,4H2;3*1,3-4H2,2H3;/q4*-1;. The predicted molar refractivity (Wildman–Crippen MR) is 82.4 cm³/mol. The maximum atomic E-state index is 3.60. The van der Waals surface area contributed by atoms with Crippen molar-refractivity contribution in [3.63, 3.8) is 0 Å². The molecule has 1 aliphatic rings. The van der Waals surface area contributed by atoms with Crippen LogP contribution in [0.4, 0.5) is 0 Å². The largest absolute Gasteiger partial charge is 0.343 e. The first-order chi connectivity index (χ1) is 8.24. The molecule has 0 aromatic rings. The third-order valence-corrected chi connectivity index (χ3v) is 1.65. The Morgan fingerprint density at radius 1 is 0.889 bits per heavy atom. The van der Waals surface area contributed by atoms with Gasteiger partial charge in [0.2, 0.25) is 0 Å². The molecule has 0 aromatic carbocycles. The summed E-state index contributed by atoms with van der Waals surface area (Å²) in [5.74, 6) is 0. The number of allylic oxidation sites excluding steroid dienone is 4. The Bertz CT molecular complexity index is 111. The Kier molecular flexibility index (Phi) is 54.1. The Balaban J connectivity index is -0.0000000719. The Hall–Kier alpha value is 0.584. The third kappa shape index (κ3) is 54.7. The van der Waals surface area contributed by atoms with Crippen LogP contribution < -0.4 is 0 Å². The van der Waals surface area contributed by atoms with Gasteiger partial charge in [-0.25, -0.2) is 12.2 Å². The maximum absolute atomic E-state index is 3.60. The smallest absolute Gasteiger partial charge is 0 e. The number of rotatable bonds is 3. The summed E-state index contributed by atoms with van der Waals surface area (Å²) >= 11 is 0. The molecule has 1 heteroatoms. The van der Waals surface area contributed by atoms with Gasteiger partial charge in [0.15, 0.2) is 0 Å². The molecule has 107 valence electrons. The molecule has 0 nitrogen and oxygen atoms in total. The Morgan fingerprint density at radius 3 is 1.28 bits per heavy atom.